The average Bonchev–Trinajstić information content (AvgIpc) is 3.05. The van der Waals surface area contributed by atoms with Crippen molar-refractivity contribution < 1.29 is 34.1 Å². The first kappa shape index (κ1) is 20.3. The first-order chi connectivity index (χ1) is 14.7. The van der Waals surface area contributed by atoms with E-state index in [1.54, 1.807) is 19.9 Å². The number of hydrogen-bond acceptors (Lipinski definition) is 6. The molecule has 5 atom stereocenters. The normalized spacial score (nSPS) is 33.4. The molecule has 2 bridgehead atoms. The summed E-state index contributed by atoms with van der Waals surface area (Å²) in [5.74, 6) is -0.942. The number of benzene rings is 1. The maximum absolute atomic E-state index is 12.9. The number of carboxylic acids is 1. The Hall–Kier alpha value is -2.61. The zero-order chi connectivity index (χ0) is 22.1. The third-order valence-electron chi connectivity index (χ3n) is 7.83. The summed E-state index contributed by atoms with van der Waals surface area (Å²) in [4.78, 5) is 36.8. The van der Waals surface area contributed by atoms with Gasteiger partial charge in [0, 0.05) is 12.0 Å². The standard InChI is InChI=1S/C23H27NO7/c1-11(2)17(20(26)27)24-21(28)30-15-6-5-12-10-13-4-3-8-22-16(12)18(15)31-19(22)14(25)7-9-23(13,22)29/h5-6,11,13,17,19,29H,3-4,7-10H2,1-2H3,(H,24,28)(H,26,27)/t13-,17?,19+,22+,23-/m1/s1. The molecule has 31 heavy (non-hydrogen) atoms. The molecule has 2 fully saturated rings. The molecule has 0 saturated heterocycles. The van der Waals surface area contributed by atoms with Gasteiger partial charge in [-0.2, -0.15) is 0 Å². The predicted molar refractivity (Wildman–Crippen MR) is 108 cm³/mol. The highest BCUT2D eigenvalue weighted by Gasteiger charge is 2.71. The van der Waals surface area contributed by atoms with Crippen LogP contribution in [0.2, 0.25) is 0 Å². The van der Waals surface area contributed by atoms with Gasteiger partial charge in [0.15, 0.2) is 23.4 Å². The summed E-state index contributed by atoms with van der Waals surface area (Å²) in [6, 6.07) is 2.42. The van der Waals surface area contributed by atoms with E-state index in [0.29, 0.717) is 25.0 Å². The molecule has 2 saturated carbocycles. The fourth-order valence-corrected chi connectivity index (χ4v) is 6.48. The third-order valence-corrected chi connectivity index (χ3v) is 7.83. The number of amides is 1. The van der Waals surface area contributed by atoms with Crippen molar-refractivity contribution in [1.29, 1.82) is 0 Å². The van der Waals surface area contributed by atoms with Crippen molar-refractivity contribution in [2.75, 3.05) is 0 Å². The molecule has 1 spiro atoms. The average molecular weight is 429 g/mol. The number of ketones is 1. The topological polar surface area (TPSA) is 122 Å². The van der Waals surface area contributed by atoms with E-state index in [2.05, 4.69) is 5.32 Å². The van der Waals surface area contributed by atoms with Crippen LogP contribution < -0.4 is 14.8 Å². The summed E-state index contributed by atoms with van der Waals surface area (Å²) in [6.07, 6.45) is 2.20. The van der Waals surface area contributed by atoms with Gasteiger partial charge in [0.25, 0.3) is 0 Å². The van der Waals surface area contributed by atoms with Crippen molar-refractivity contribution in [1.82, 2.24) is 5.32 Å². The van der Waals surface area contributed by atoms with Crippen molar-refractivity contribution in [2.45, 2.75) is 75.5 Å². The van der Waals surface area contributed by atoms with E-state index < -0.39 is 35.2 Å². The van der Waals surface area contributed by atoms with Crippen LogP contribution in [0.25, 0.3) is 0 Å². The molecule has 5 rings (SSSR count). The number of hydrogen-bond donors (Lipinski definition) is 3. The number of nitrogens with one attached hydrogen (secondary N) is 1. The Balaban J connectivity index is 1.54. The molecular weight excluding hydrogens is 402 g/mol. The van der Waals surface area contributed by atoms with Gasteiger partial charge in [0.2, 0.25) is 0 Å². The van der Waals surface area contributed by atoms with Crippen LogP contribution >= 0.6 is 0 Å². The molecule has 4 aliphatic rings. The number of aliphatic carboxylic acids is 1. The van der Waals surface area contributed by atoms with E-state index in [1.807, 2.05) is 6.07 Å². The highest BCUT2D eigenvalue weighted by molar-refractivity contribution is 5.90. The monoisotopic (exact) mass is 429 g/mol. The largest absolute Gasteiger partial charge is 0.480 e. The first-order valence-electron chi connectivity index (χ1n) is 11.0. The maximum Gasteiger partial charge on any atom is 0.413 e. The second kappa shape index (κ2) is 6.69. The molecular formula is C23H27NO7. The summed E-state index contributed by atoms with van der Waals surface area (Å²) in [6.45, 7) is 3.38. The third kappa shape index (κ3) is 2.60. The van der Waals surface area contributed by atoms with Crippen LogP contribution in [0.4, 0.5) is 4.79 Å². The minimum atomic E-state index is -1.15. The molecule has 1 heterocycles. The Labute approximate surface area is 179 Å². The lowest BCUT2D eigenvalue weighted by molar-refractivity contribution is -0.177. The molecule has 1 unspecified atom stereocenters. The fraction of sp³-hybridized carbons (Fsp3) is 0.609. The van der Waals surface area contributed by atoms with Gasteiger partial charge in [-0.25, -0.2) is 9.59 Å². The SMILES string of the molecule is CC(C)C(NC(=O)Oc1ccc2c3c1O[C@H]1C(=O)CC[C@@]4(O)[C@H](CCC[C@]314)C2)C(=O)O. The zero-order valence-electron chi connectivity index (χ0n) is 17.6. The lowest BCUT2D eigenvalue weighted by Crippen LogP contribution is -2.69. The Morgan fingerprint density at radius 2 is 2.06 bits per heavy atom. The van der Waals surface area contributed by atoms with Gasteiger partial charge in [-0.3, -0.25) is 4.79 Å². The lowest BCUT2D eigenvalue weighted by atomic mass is 9.46. The van der Waals surface area contributed by atoms with E-state index in [0.717, 1.165) is 24.0 Å². The van der Waals surface area contributed by atoms with Gasteiger partial charge in [0.1, 0.15) is 6.04 Å². The molecule has 3 N–H and O–H groups in total. The van der Waals surface area contributed by atoms with Crippen molar-refractivity contribution in [3.05, 3.63) is 23.3 Å². The molecule has 8 nitrogen and oxygen atoms in total. The second-order valence-corrected chi connectivity index (χ2v) is 9.67. The highest BCUT2D eigenvalue weighted by Crippen LogP contribution is 2.66. The molecule has 166 valence electrons. The van der Waals surface area contributed by atoms with Gasteiger partial charge >= 0.3 is 12.1 Å². The first-order valence-corrected chi connectivity index (χ1v) is 11.0. The molecule has 1 aromatic rings. The van der Waals surface area contributed by atoms with Crippen molar-refractivity contribution in [3.63, 3.8) is 0 Å². The summed E-state index contributed by atoms with van der Waals surface area (Å²) in [5.41, 5.74) is 0.0217. The number of carbonyl (C=O) groups excluding carboxylic acids is 2. The lowest BCUT2D eigenvalue weighted by Gasteiger charge is -2.59. The molecule has 0 radical (unpaired) electrons. The molecule has 3 aliphatic carbocycles. The summed E-state index contributed by atoms with van der Waals surface area (Å²) in [5, 5.41) is 23.5. The van der Waals surface area contributed by atoms with Crippen molar-refractivity contribution in [2.24, 2.45) is 11.8 Å². The van der Waals surface area contributed by atoms with E-state index in [-0.39, 0.29) is 29.8 Å². The van der Waals surface area contributed by atoms with E-state index in [9.17, 15) is 24.6 Å². The predicted octanol–water partition coefficient (Wildman–Crippen LogP) is 2.33. The molecule has 8 heteroatoms. The zero-order valence-corrected chi connectivity index (χ0v) is 17.6. The number of carboxylic acid groups (broad SMARTS) is 1. The highest BCUT2D eigenvalue weighted by atomic mass is 16.6. The van der Waals surface area contributed by atoms with E-state index in [1.165, 1.54) is 0 Å². The maximum atomic E-state index is 12.9. The van der Waals surface area contributed by atoms with Crippen molar-refractivity contribution in [3.8, 4) is 11.5 Å². The minimum absolute atomic E-state index is 0.0319. The van der Waals surface area contributed by atoms with Gasteiger partial charge in [-0.1, -0.05) is 26.3 Å². The number of carbonyl (C=O) groups is 3. The molecule has 0 aromatic heterocycles. The number of rotatable bonds is 4. The minimum Gasteiger partial charge on any atom is -0.480 e. The van der Waals surface area contributed by atoms with E-state index >= 15 is 0 Å². The van der Waals surface area contributed by atoms with Gasteiger partial charge < -0.3 is 25.0 Å². The Morgan fingerprint density at radius 3 is 2.77 bits per heavy atom. The van der Waals surface area contributed by atoms with Crippen LogP contribution in [0.15, 0.2) is 12.1 Å². The molecule has 1 amide bonds. The van der Waals surface area contributed by atoms with E-state index in [4.69, 9.17) is 9.47 Å². The smallest absolute Gasteiger partial charge is 0.413 e. The number of aliphatic hydroxyl groups is 1. The molecule has 1 aromatic carbocycles. The van der Waals surface area contributed by atoms with Crippen LogP contribution in [0.5, 0.6) is 11.5 Å². The van der Waals surface area contributed by atoms with Crippen LogP contribution in [0.3, 0.4) is 0 Å². The Bertz CT molecular complexity index is 988. The van der Waals surface area contributed by atoms with Crippen LogP contribution in [0.1, 0.15) is 57.1 Å². The van der Waals surface area contributed by atoms with Gasteiger partial charge in [0.05, 0.1) is 11.0 Å². The number of Topliss-reactive ketones (excluding diaryl/α,β-unsaturated/α-hetero) is 1. The molecule has 1 aliphatic heterocycles. The Morgan fingerprint density at radius 1 is 1.29 bits per heavy atom. The van der Waals surface area contributed by atoms with Gasteiger partial charge in [-0.15, -0.1) is 0 Å². The Kier molecular flexibility index (Phi) is 4.38. The van der Waals surface area contributed by atoms with Crippen LogP contribution in [-0.4, -0.2) is 45.8 Å². The summed E-state index contributed by atoms with van der Waals surface area (Å²) >= 11 is 0. The summed E-state index contributed by atoms with van der Waals surface area (Å²) < 4.78 is 11.6. The quantitative estimate of drug-likeness (QED) is 0.671. The van der Waals surface area contributed by atoms with Gasteiger partial charge in [-0.05, 0) is 49.1 Å². The summed E-state index contributed by atoms with van der Waals surface area (Å²) in [7, 11) is 0. The number of ether oxygens (including phenoxy) is 2. The second-order valence-electron chi connectivity index (χ2n) is 9.67. The van der Waals surface area contributed by atoms with Crippen LogP contribution in [-0.2, 0) is 21.4 Å². The fourth-order valence-electron chi connectivity index (χ4n) is 6.48. The van der Waals surface area contributed by atoms with Crippen LogP contribution in [0, 0.1) is 11.8 Å². The van der Waals surface area contributed by atoms with Crippen molar-refractivity contribution >= 4 is 17.8 Å².